The highest BCUT2D eigenvalue weighted by molar-refractivity contribution is 9.10. The molecular formula is C24H13BrCl2N2O3S. The van der Waals surface area contributed by atoms with Crippen LogP contribution in [0.5, 0.6) is 5.75 Å². The number of ether oxygens (including phenoxy) is 1. The molecule has 0 spiro atoms. The van der Waals surface area contributed by atoms with Crippen LogP contribution >= 0.6 is 50.9 Å². The molecule has 0 saturated carbocycles. The average molecular weight is 560 g/mol. The van der Waals surface area contributed by atoms with E-state index in [-0.39, 0.29) is 11.5 Å². The Hall–Kier alpha value is -2.76. The van der Waals surface area contributed by atoms with Crippen molar-refractivity contribution in [2.75, 3.05) is 4.90 Å². The van der Waals surface area contributed by atoms with Gasteiger partial charge < -0.3 is 4.74 Å². The third kappa shape index (κ3) is 5.10. The van der Waals surface area contributed by atoms with Crippen molar-refractivity contribution in [2.45, 2.75) is 6.61 Å². The molecule has 164 valence electrons. The molecule has 1 saturated heterocycles. The summed E-state index contributed by atoms with van der Waals surface area (Å²) in [6.07, 6.45) is 1.60. The van der Waals surface area contributed by atoms with Crippen LogP contribution in [0, 0.1) is 11.3 Å². The van der Waals surface area contributed by atoms with E-state index in [2.05, 4.69) is 22.0 Å². The largest absolute Gasteiger partial charge is 0.486 e. The maximum Gasteiger partial charge on any atom is 0.298 e. The first-order valence-corrected chi connectivity index (χ1v) is 11.9. The van der Waals surface area contributed by atoms with Crippen LogP contribution in [0.3, 0.4) is 0 Å². The van der Waals surface area contributed by atoms with Crippen LogP contribution < -0.4 is 9.64 Å². The summed E-state index contributed by atoms with van der Waals surface area (Å²) in [6.45, 7) is 0.167. The smallest absolute Gasteiger partial charge is 0.298 e. The molecule has 2 amide bonds. The van der Waals surface area contributed by atoms with Gasteiger partial charge in [0.15, 0.2) is 5.75 Å². The van der Waals surface area contributed by atoms with Crippen molar-refractivity contribution in [3.8, 4) is 11.8 Å². The van der Waals surface area contributed by atoms with Crippen molar-refractivity contribution in [2.24, 2.45) is 0 Å². The third-order valence-corrected chi connectivity index (χ3v) is 6.66. The number of nitriles is 1. The van der Waals surface area contributed by atoms with Crippen molar-refractivity contribution in [3.05, 3.63) is 96.8 Å². The monoisotopic (exact) mass is 558 g/mol. The summed E-state index contributed by atoms with van der Waals surface area (Å²) < 4.78 is 6.42. The Morgan fingerprint density at radius 1 is 1.09 bits per heavy atom. The SMILES string of the molecule is N#Cc1ccccc1COc1c(Cl)cc(/C=C2/SC(=O)N(c3cccc(Cl)c3)C2=O)cc1Br. The lowest BCUT2D eigenvalue weighted by atomic mass is 10.1. The summed E-state index contributed by atoms with van der Waals surface area (Å²) in [5.41, 5.74) is 2.29. The Labute approximate surface area is 212 Å². The summed E-state index contributed by atoms with van der Waals surface area (Å²) in [5, 5.41) is 9.57. The molecule has 0 atom stereocenters. The molecule has 0 unspecified atom stereocenters. The number of thioether (sulfide) groups is 1. The van der Waals surface area contributed by atoms with Gasteiger partial charge >= 0.3 is 0 Å². The average Bonchev–Trinajstić information content (AvgIpc) is 3.06. The predicted molar refractivity (Wildman–Crippen MR) is 135 cm³/mol. The summed E-state index contributed by atoms with van der Waals surface area (Å²) in [4.78, 5) is 26.7. The van der Waals surface area contributed by atoms with E-state index in [1.54, 1.807) is 54.6 Å². The number of carbonyl (C=O) groups is 2. The maximum absolute atomic E-state index is 12.9. The summed E-state index contributed by atoms with van der Waals surface area (Å²) in [5.74, 6) is -0.0264. The first kappa shape index (κ1) is 23.4. The lowest BCUT2D eigenvalue weighted by Crippen LogP contribution is -2.27. The fourth-order valence-corrected chi connectivity index (χ4v) is 5.18. The van der Waals surface area contributed by atoms with Gasteiger partial charge in [0.2, 0.25) is 0 Å². The molecule has 0 bridgehead atoms. The molecule has 0 aromatic heterocycles. The van der Waals surface area contributed by atoms with Crippen molar-refractivity contribution in [3.63, 3.8) is 0 Å². The van der Waals surface area contributed by atoms with E-state index in [0.717, 1.165) is 22.2 Å². The molecule has 1 heterocycles. The quantitative estimate of drug-likeness (QED) is 0.304. The minimum Gasteiger partial charge on any atom is -0.486 e. The fourth-order valence-electron chi connectivity index (χ4n) is 3.16. The number of anilines is 1. The highest BCUT2D eigenvalue weighted by Crippen LogP contribution is 2.39. The second-order valence-electron chi connectivity index (χ2n) is 6.87. The minimum absolute atomic E-state index is 0.167. The number of imide groups is 1. The second-order valence-corrected chi connectivity index (χ2v) is 9.56. The minimum atomic E-state index is -0.437. The highest BCUT2D eigenvalue weighted by Gasteiger charge is 2.36. The number of rotatable bonds is 5. The van der Waals surface area contributed by atoms with Crippen LogP contribution in [-0.2, 0) is 11.4 Å². The van der Waals surface area contributed by atoms with E-state index >= 15 is 0 Å². The van der Waals surface area contributed by atoms with Gasteiger partial charge in [0, 0.05) is 10.6 Å². The van der Waals surface area contributed by atoms with Crippen LogP contribution in [0.15, 0.2) is 70.0 Å². The van der Waals surface area contributed by atoms with E-state index in [4.69, 9.17) is 27.9 Å². The van der Waals surface area contributed by atoms with Crippen molar-refractivity contribution >= 4 is 73.8 Å². The standard InChI is InChI=1S/C24H13BrCl2N2O3S/c25-19-8-14(9-20(27)22(19)32-13-16-5-2-1-4-15(16)12-28)10-21-23(30)29(24(31)33-21)18-7-3-6-17(26)11-18/h1-11H,13H2/b21-10+. The number of nitrogens with zero attached hydrogens (tertiary/aromatic N) is 2. The molecule has 0 N–H and O–H groups in total. The van der Waals surface area contributed by atoms with Gasteiger partial charge in [0.25, 0.3) is 11.1 Å². The zero-order valence-corrected chi connectivity index (χ0v) is 20.6. The molecule has 5 nitrogen and oxygen atoms in total. The van der Waals surface area contributed by atoms with Gasteiger partial charge in [-0.1, -0.05) is 47.5 Å². The molecule has 1 aliphatic rings. The van der Waals surface area contributed by atoms with E-state index in [1.165, 1.54) is 0 Å². The van der Waals surface area contributed by atoms with Gasteiger partial charge in [-0.2, -0.15) is 5.26 Å². The van der Waals surface area contributed by atoms with E-state index < -0.39 is 11.1 Å². The Bertz CT molecular complexity index is 1330. The van der Waals surface area contributed by atoms with Crippen LogP contribution in [0.2, 0.25) is 10.0 Å². The van der Waals surface area contributed by atoms with Gasteiger partial charge in [-0.15, -0.1) is 0 Å². The van der Waals surface area contributed by atoms with Crippen LogP contribution in [0.1, 0.15) is 16.7 Å². The summed E-state index contributed by atoms with van der Waals surface area (Å²) in [7, 11) is 0. The van der Waals surface area contributed by atoms with E-state index in [1.807, 2.05) is 12.1 Å². The lowest BCUT2D eigenvalue weighted by molar-refractivity contribution is -0.113. The fraction of sp³-hybridized carbons (Fsp3) is 0.0417. The van der Waals surface area contributed by atoms with Gasteiger partial charge in [-0.3, -0.25) is 9.59 Å². The highest BCUT2D eigenvalue weighted by atomic mass is 79.9. The summed E-state index contributed by atoms with van der Waals surface area (Å²) in [6, 6.07) is 19.2. The number of amides is 2. The first-order chi connectivity index (χ1) is 15.9. The molecule has 1 aliphatic heterocycles. The van der Waals surface area contributed by atoms with Gasteiger partial charge in [-0.05, 0) is 75.7 Å². The van der Waals surface area contributed by atoms with Crippen LogP contribution in [0.25, 0.3) is 6.08 Å². The maximum atomic E-state index is 12.9. The van der Waals surface area contributed by atoms with Gasteiger partial charge in [0.1, 0.15) is 6.61 Å². The topological polar surface area (TPSA) is 70.4 Å². The Balaban J connectivity index is 1.56. The number of halogens is 3. The molecule has 1 fully saturated rings. The van der Waals surface area contributed by atoms with Crippen LogP contribution in [0.4, 0.5) is 10.5 Å². The third-order valence-electron chi connectivity index (χ3n) is 4.69. The number of benzene rings is 3. The van der Waals surface area contributed by atoms with E-state index in [0.29, 0.717) is 37.1 Å². The van der Waals surface area contributed by atoms with Crippen LogP contribution in [-0.4, -0.2) is 11.1 Å². The van der Waals surface area contributed by atoms with Crippen molar-refractivity contribution < 1.29 is 14.3 Å². The normalized spacial score (nSPS) is 14.6. The summed E-state index contributed by atoms with van der Waals surface area (Å²) >= 11 is 16.7. The molecule has 9 heteroatoms. The molecule has 4 rings (SSSR count). The number of carbonyl (C=O) groups excluding carboxylic acids is 2. The Kier molecular flexibility index (Phi) is 7.11. The zero-order valence-electron chi connectivity index (χ0n) is 16.7. The molecule has 0 radical (unpaired) electrons. The Morgan fingerprint density at radius 2 is 1.88 bits per heavy atom. The Morgan fingerprint density at radius 3 is 2.61 bits per heavy atom. The second kappa shape index (κ2) is 10.0. The number of hydrogen-bond donors (Lipinski definition) is 0. The van der Waals surface area contributed by atoms with Crippen molar-refractivity contribution in [1.29, 1.82) is 5.26 Å². The van der Waals surface area contributed by atoms with Gasteiger partial charge in [0.05, 0.1) is 31.7 Å². The predicted octanol–water partition coefficient (Wildman–Crippen LogP) is 7.45. The van der Waals surface area contributed by atoms with Crippen molar-refractivity contribution in [1.82, 2.24) is 0 Å². The van der Waals surface area contributed by atoms with Gasteiger partial charge in [-0.25, -0.2) is 4.90 Å². The zero-order chi connectivity index (χ0) is 23.5. The molecule has 0 aliphatic carbocycles. The number of hydrogen-bond acceptors (Lipinski definition) is 5. The molecular weight excluding hydrogens is 547 g/mol. The first-order valence-electron chi connectivity index (χ1n) is 9.50. The molecule has 3 aromatic carbocycles. The molecule has 3 aromatic rings. The molecule has 33 heavy (non-hydrogen) atoms. The lowest BCUT2D eigenvalue weighted by Gasteiger charge is -2.13. The van der Waals surface area contributed by atoms with E-state index in [9.17, 15) is 14.9 Å².